The molecule has 1 aliphatic rings. The van der Waals surface area contributed by atoms with Crippen LogP contribution in [0.4, 0.5) is 0 Å². The molecule has 0 aliphatic heterocycles. The zero-order chi connectivity index (χ0) is 13.1. The van der Waals surface area contributed by atoms with Crippen LogP contribution in [-0.4, -0.2) is 27.4 Å². The Labute approximate surface area is 105 Å². The van der Waals surface area contributed by atoms with Crippen molar-refractivity contribution in [3.8, 4) is 6.07 Å². The van der Waals surface area contributed by atoms with E-state index < -0.39 is 5.97 Å². The van der Waals surface area contributed by atoms with Crippen molar-refractivity contribution in [2.45, 2.75) is 38.1 Å². The van der Waals surface area contributed by atoms with E-state index in [4.69, 9.17) is 11.0 Å². The fourth-order valence-electron chi connectivity index (χ4n) is 2.71. The molecule has 0 saturated carbocycles. The molecule has 1 atom stereocenters. The molecule has 1 aliphatic carbocycles. The van der Waals surface area contributed by atoms with Crippen molar-refractivity contribution in [3.05, 3.63) is 17.0 Å². The number of carboxylic acids is 1. The van der Waals surface area contributed by atoms with Gasteiger partial charge in [0.1, 0.15) is 6.54 Å². The second-order valence-electron chi connectivity index (χ2n) is 4.50. The summed E-state index contributed by atoms with van der Waals surface area (Å²) in [4.78, 5) is 11.3. The van der Waals surface area contributed by atoms with Crippen molar-refractivity contribution in [2.75, 3.05) is 6.54 Å². The van der Waals surface area contributed by atoms with Crippen LogP contribution in [0.25, 0.3) is 0 Å². The molecule has 3 N–H and O–H groups in total. The number of hydrogen-bond acceptors (Lipinski definition) is 4. The Morgan fingerprint density at radius 1 is 1.67 bits per heavy atom. The van der Waals surface area contributed by atoms with Crippen LogP contribution in [0, 0.1) is 11.3 Å². The Hall–Kier alpha value is -1.87. The molecule has 0 amide bonds. The maximum absolute atomic E-state index is 11.3. The molecule has 18 heavy (non-hydrogen) atoms. The SMILES string of the molecule is N#CCn1nc(C(=O)O)c2c1CCCC2CCN. The highest BCUT2D eigenvalue weighted by Crippen LogP contribution is 2.36. The molecular weight excluding hydrogens is 232 g/mol. The van der Waals surface area contributed by atoms with Gasteiger partial charge in [0.25, 0.3) is 0 Å². The van der Waals surface area contributed by atoms with Gasteiger partial charge >= 0.3 is 5.97 Å². The molecule has 6 nitrogen and oxygen atoms in total. The van der Waals surface area contributed by atoms with Gasteiger partial charge in [-0.1, -0.05) is 0 Å². The molecule has 1 aromatic rings. The summed E-state index contributed by atoms with van der Waals surface area (Å²) in [5.74, 6) is -0.857. The Bertz CT molecular complexity index is 501. The molecule has 1 heterocycles. The first-order valence-electron chi connectivity index (χ1n) is 6.09. The molecule has 0 fully saturated rings. The third-order valence-corrected chi connectivity index (χ3v) is 3.41. The van der Waals surface area contributed by atoms with Gasteiger partial charge in [-0.25, -0.2) is 4.79 Å². The Morgan fingerprint density at radius 2 is 2.44 bits per heavy atom. The molecule has 2 rings (SSSR count). The van der Waals surface area contributed by atoms with Gasteiger partial charge in [0.05, 0.1) is 6.07 Å². The van der Waals surface area contributed by atoms with Crippen LogP contribution >= 0.6 is 0 Å². The van der Waals surface area contributed by atoms with E-state index >= 15 is 0 Å². The van der Waals surface area contributed by atoms with Crippen LogP contribution in [0.1, 0.15) is 46.9 Å². The van der Waals surface area contributed by atoms with Crippen molar-refractivity contribution < 1.29 is 9.90 Å². The van der Waals surface area contributed by atoms with Crippen LogP contribution in [-0.2, 0) is 13.0 Å². The van der Waals surface area contributed by atoms with Gasteiger partial charge in [-0.2, -0.15) is 10.4 Å². The number of aromatic nitrogens is 2. The average molecular weight is 248 g/mol. The highest BCUT2D eigenvalue weighted by molar-refractivity contribution is 5.87. The monoisotopic (exact) mass is 248 g/mol. The molecule has 0 spiro atoms. The normalized spacial score (nSPS) is 18.1. The Morgan fingerprint density at radius 3 is 3.06 bits per heavy atom. The van der Waals surface area contributed by atoms with Crippen molar-refractivity contribution in [1.29, 1.82) is 5.26 Å². The van der Waals surface area contributed by atoms with E-state index in [-0.39, 0.29) is 18.2 Å². The summed E-state index contributed by atoms with van der Waals surface area (Å²) in [5.41, 5.74) is 7.38. The first-order valence-corrected chi connectivity index (χ1v) is 6.09. The van der Waals surface area contributed by atoms with E-state index in [9.17, 15) is 9.90 Å². The highest BCUT2D eigenvalue weighted by Gasteiger charge is 2.30. The number of nitriles is 1. The lowest BCUT2D eigenvalue weighted by molar-refractivity contribution is 0.0687. The highest BCUT2D eigenvalue weighted by atomic mass is 16.4. The van der Waals surface area contributed by atoms with Gasteiger partial charge in [0.15, 0.2) is 5.69 Å². The summed E-state index contributed by atoms with van der Waals surface area (Å²) >= 11 is 0. The second kappa shape index (κ2) is 5.19. The number of carbonyl (C=O) groups is 1. The van der Waals surface area contributed by atoms with Crippen molar-refractivity contribution in [2.24, 2.45) is 5.73 Å². The van der Waals surface area contributed by atoms with E-state index in [0.717, 1.165) is 36.9 Å². The third-order valence-electron chi connectivity index (χ3n) is 3.41. The maximum Gasteiger partial charge on any atom is 0.356 e. The topological polar surface area (TPSA) is 105 Å². The van der Waals surface area contributed by atoms with Gasteiger partial charge in [-0.05, 0) is 38.1 Å². The van der Waals surface area contributed by atoms with Crippen LogP contribution in [0.3, 0.4) is 0 Å². The second-order valence-corrected chi connectivity index (χ2v) is 4.50. The van der Waals surface area contributed by atoms with Crippen molar-refractivity contribution >= 4 is 5.97 Å². The lowest BCUT2D eigenvalue weighted by Crippen LogP contribution is -2.17. The fourth-order valence-corrected chi connectivity index (χ4v) is 2.71. The maximum atomic E-state index is 11.3. The molecule has 0 bridgehead atoms. The largest absolute Gasteiger partial charge is 0.476 e. The average Bonchev–Trinajstić information content (AvgIpc) is 2.71. The first-order chi connectivity index (χ1) is 8.69. The summed E-state index contributed by atoms with van der Waals surface area (Å²) in [5, 5.41) is 22.0. The van der Waals surface area contributed by atoms with Crippen molar-refractivity contribution in [3.63, 3.8) is 0 Å². The van der Waals surface area contributed by atoms with Crippen LogP contribution in [0.5, 0.6) is 0 Å². The van der Waals surface area contributed by atoms with Gasteiger partial charge in [-0.3, -0.25) is 4.68 Å². The van der Waals surface area contributed by atoms with Gasteiger partial charge in [0.2, 0.25) is 0 Å². The number of nitrogens with zero attached hydrogens (tertiary/aromatic N) is 3. The predicted octanol–water partition coefficient (Wildman–Crippen LogP) is 0.874. The Balaban J connectivity index is 2.50. The minimum Gasteiger partial charge on any atom is -0.476 e. The van der Waals surface area contributed by atoms with Crippen LogP contribution < -0.4 is 5.73 Å². The van der Waals surface area contributed by atoms with Gasteiger partial charge < -0.3 is 10.8 Å². The summed E-state index contributed by atoms with van der Waals surface area (Å²) in [6.07, 6.45) is 3.50. The predicted molar refractivity (Wildman–Crippen MR) is 64.1 cm³/mol. The number of hydrogen-bond donors (Lipinski definition) is 2. The zero-order valence-electron chi connectivity index (χ0n) is 10.1. The molecule has 6 heteroatoms. The summed E-state index contributed by atoms with van der Waals surface area (Å²) < 4.78 is 1.53. The minimum atomic E-state index is -1.02. The number of nitrogens with two attached hydrogens (primary N) is 1. The standard InChI is InChI=1S/C12H16N4O2/c13-5-4-8-2-1-3-9-10(8)11(12(17)18)15-16(9)7-6-14/h8H,1-5,7,13H2,(H,17,18). The number of fused-ring (bicyclic) bond motifs is 1. The Kier molecular flexibility index (Phi) is 3.63. The molecule has 1 aromatic heterocycles. The molecule has 96 valence electrons. The molecule has 0 saturated heterocycles. The van der Waals surface area contributed by atoms with Gasteiger partial charge in [0, 0.05) is 11.3 Å². The van der Waals surface area contributed by atoms with E-state index in [1.165, 1.54) is 4.68 Å². The van der Waals surface area contributed by atoms with Crippen LogP contribution in [0.15, 0.2) is 0 Å². The molecular formula is C12H16N4O2. The fraction of sp³-hybridized carbons (Fsp3) is 0.583. The summed E-state index contributed by atoms with van der Waals surface area (Å²) in [6.45, 7) is 0.636. The van der Waals surface area contributed by atoms with Gasteiger partial charge in [-0.15, -0.1) is 0 Å². The molecule has 1 unspecified atom stereocenters. The lowest BCUT2D eigenvalue weighted by atomic mass is 9.83. The number of aromatic carboxylic acids is 1. The van der Waals surface area contributed by atoms with E-state index in [1.807, 2.05) is 6.07 Å². The third kappa shape index (κ3) is 2.09. The van der Waals surface area contributed by atoms with E-state index in [1.54, 1.807) is 0 Å². The smallest absolute Gasteiger partial charge is 0.356 e. The summed E-state index contributed by atoms with van der Waals surface area (Å²) in [6, 6.07) is 2.02. The minimum absolute atomic E-state index is 0.0957. The zero-order valence-corrected chi connectivity index (χ0v) is 10.1. The van der Waals surface area contributed by atoms with Crippen molar-refractivity contribution in [1.82, 2.24) is 9.78 Å². The van der Waals surface area contributed by atoms with E-state index in [2.05, 4.69) is 5.10 Å². The summed E-state index contributed by atoms with van der Waals surface area (Å²) in [7, 11) is 0. The number of carboxylic acid groups (broad SMARTS) is 1. The molecule has 0 radical (unpaired) electrons. The van der Waals surface area contributed by atoms with E-state index in [0.29, 0.717) is 6.54 Å². The first kappa shape index (κ1) is 12.6. The molecule has 0 aromatic carbocycles. The lowest BCUT2D eigenvalue weighted by Gasteiger charge is -2.22. The number of rotatable bonds is 4. The quantitative estimate of drug-likeness (QED) is 0.822. The van der Waals surface area contributed by atoms with Crippen LogP contribution in [0.2, 0.25) is 0 Å².